The lowest BCUT2D eigenvalue weighted by Crippen LogP contribution is -2.39. The first-order valence-electron chi connectivity index (χ1n) is 9.93. The highest BCUT2D eigenvalue weighted by Crippen LogP contribution is 2.37. The molecule has 0 saturated carbocycles. The monoisotopic (exact) mass is 517 g/mol. The van der Waals surface area contributed by atoms with Gasteiger partial charge < -0.3 is 15.6 Å². The molecule has 0 spiro atoms. The molecule has 1 aromatic heterocycles. The number of alkyl halides is 6. The van der Waals surface area contributed by atoms with Gasteiger partial charge in [-0.25, -0.2) is 0 Å². The maximum absolute atomic E-state index is 13.9. The van der Waals surface area contributed by atoms with Crippen LogP contribution in [0.15, 0.2) is 49.1 Å². The van der Waals surface area contributed by atoms with E-state index in [9.17, 15) is 35.9 Å². The van der Waals surface area contributed by atoms with Crippen molar-refractivity contribution >= 4 is 34.3 Å². The lowest BCUT2D eigenvalue weighted by atomic mass is 10.0. The van der Waals surface area contributed by atoms with Gasteiger partial charge in [-0.15, -0.1) is 6.58 Å². The third-order valence-corrected chi connectivity index (χ3v) is 5.68. The molecule has 3 N–H and O–H groups in total. The van der Waals surface area contributed by atoms with Gasteiger partial charge in [-0.1, -0.05) is 29.8 Å². The van der Waals surface area contributed by atoms with Crippen LogP contribution in [0, 0.1) is 0 Å². The van der Waals surface area contributed by atoms with E-state index >= 15 is 0 Å². The number of benzene rings is 2. The summed E-state index contributed by atoms with van der Waals surface area (Å²) in [5.74, 6) is -2.05. The van der Waals surface area contributed by atoms with Crippen LogP contribution in [0.3, 0.4) is 0 Å². The Morgan fingerprint density at radius 2 is 1.83 bits per heavy atom. The number of aryl methyl sites for hydroxylation is 1. The second kappa shape index (κ2) is 9.29. The van der Waals surface area contributed by atoms with Crippen molar-refractivity contribution in [3.8, 4) is 0 Å². The van der Waals surface area contributed by atoms with E-state index in [1.807, 2.05) is 5.32 Å². The predicted molar refractivity (Wildman–Crippen MR) is 118 cm³/mol. The van der Waals surface area contributed by atoms with E-state index in [0.717, 1.165) is 12.1 Å². The molecule has 186 valence electrons. The zero-order valence-electron chi connectivity index (χ0n) is 18.0. The summed E-state index contributed by atoms with van der Waals surface area (Å²) in [5, 5.41) is 2.11. The molecule has 0 aliphatic rings. The molecule has 0 radical (unpaired) electrons. The minimum absolute atomic E-state index is 0.0279. The third-order valence-electron chi connectivity index (χ3n) is 5.37. The molecule has 1 heterocycles. The molecule has 0 aliphatic carbocycles. The summed E-state index contributed by atoms with van der Waals surface area (Å²) in [6.45, 7) is 3.58. The van der Waals surface area contributed by atoms with Gasteiger partial charge in [0, 0.05) is 12.4 Å². The molecule has 5 nitrogen and oxygen atoms in total. The predicted octanol–water partition coefficient (Wildman–Crippen LogP) is 5.71. The first-order valence-corrected chi connectivity index (χ1v) is 10.3. The maximum atomic E-state index is 13.9. The number of carbonyl (C=O) groups is 2. The van der Waals surface area contributed by atoms with E-state index in [2.05, 4.69) is 6.58 Å². The molecule has 3 aromatic rings. The second-order valence-electron chi connectivity index (χ2n) is 7.66. The zero-order chi connectivity index (χ0) is 26.3. The van der Waals surface area contributed by atoms with Crippen molar-refractivity contribution in [3.63, 3.8) is 0 Å². The number of amides is 2. The Labute approximate surface area is 200 Å². The highest BCUT2D eigenvalue weighted by molar-refractivity contribution is 6.34. The standard InChI is InChI=1S/C23H18ClF6N3O2/c1-3-5-13-14-9-15(20(31)34)16(24)10-17(14)33(2)18(13)21(35)32-19(23(28,29)30)11-6-4-7-12(8-11)22(25,26)27/h3-4,6-10,19H,1,5H2,2H3,(H2,31,34)(H,32,35). The average molecular weight is 518 g/mol. The summed E-state index contributed by atoms with van der Waals surface area (Å²) in [6, 6.07) is 2.58. The molecule has 0 bridgehead atoms. The first kappa shape index (κ1) is 26.1. The van der Waals surface area contributed by atoms with Crippen molar-refractivity contribution in [1.82, 2.24) is 9.88 Å². The van der Waals surface area contributed by atoms with E-state index < -0.39 is 41.3 Å². The molecule has 0 fully saturated rings. The number of halogens is 7. The number of aromatic nitrogens is 1. The zero-order valence-corrected chi connectivity index (χ0v) is 18.8. The topological polar surface area (TPSA) is 77.1 Å². The van der Waals surface area contributed by atoms with Crippen LogP contribution in [-0.2, 0) is 19.6 Å². The summed E-state index contributed by atoms with van der Waals surface area (Å²) in [5.41, 5.74) is 3.54. The summed E-state index contributed by atoms with van der Waals surface area (Å²) >= 11 is 6.09. The number of hydrogen-bond donors (Lipinski definition) is 2. The van der Waals surface area contributed by atoms with E-state index in [1.54, 1.807) is 0 Å². The fraction of sp³-hybridized carbons (Fsp3) is 0.217. The number of hydrogen-bond acceptors (Lipinski definition) is 2. The minimum Gasteiger partial charge on any atom is -0.366 e. The summed E-state index contributed by atoms with van der Waals surface area (Å²) in [6.07, 6.45) is -8.55. The highest BCUT2D eigenvalue weighted by atomic mass is 35.5. The fourth-order valence-corrected chi connectivity index (χ4v) is 4.06. The lowest BCUT2D eigenvalue weighted by molar-refractivity contribution is -0.156. The largest absolute Gasteiger partial charge is 0.416 e. The lowest BCUT2D eigenvalue weighted by Gasteiger charge is -2.23. The minimum atomic E-state index is -5.11. The molecule has 12 heteroatoms. The van der Waals surface area contributed by atoms with Crippen LogP contribution in [0.2, 0.25) is 5.02 Å². The average Bonchev–Trinajstić information content (AvgIpc) is 3.01. The van der Waals surface area contributed by atoms with Crippen molar-refractivity contribution < 1.29 is 35.9 Å². The molecular formula is C23H18ClF6N3O2. The van der Waals surface area contributed by atoms with Crippen molar-refractivity contribution in [3.05, 3.63) is 82.0 Å². The van der Waals surface area contributed by atoms with Crippen LogP contribution < -0.4 is 11.1 Å². The van der Waals surface area contributed by atoms with Gasteiger partial charge in [0.1, 0.15) is 5.69 Å². The van der Waals surface area contributed by atoms with E-state index in [4.69, 9.17) is 17.3 Å². The van der Waals surface area contributed by atoms with Gasteiger partial charge in [-0.3, -0.25) is 9.59 Å². The normalized spacial score (nSPS) is 13.0. The Bertz CT molecular complexity index is 1330. The highest BCUT2D eigenvalue weighted by Gasteiger charge is 2.43. The van der Waals surface area contributed by atoms with Crippen LogP contribution in [0.1, 0.15) is 43.6 Å². The number of carbonyl (C=O) groups excluding carboxylic acids is 2. The van der Waals surface area contributed by atoms with Gasteiger partial charge in [-0.2, -0.15) is 26.3 Å². The smallest absolute Gasteiger partial charge is 0.366 e. The number of allylic oxidation sites excluding steroid dienone is 1. The van der Waals surface area contributed by atoms with E-state index in [0.29, 0.717) is 23.0 Å². The number of fused-ring (bicyclic) bond motifs is 1. The van der Waals surface area contributed by atoms with E-state index in [1.165, 1.54) is 29.8 Å². The van der Waals surface area contributed by atoms with Crippen LogP contribution >= 0.6 is 11.6 Å². The van der Waals surface area contributed by atoms with Gasteiger partial charge >= 0.3 is 12.4 Å². The van der Waals surface area contributed by atoms with Crippen LogP contribution in [0.5, 0.6) is 0 Å². The van der Waals surface area contributed by atoms with Crippen molar-refractivity contribution in [2.45, 2.75) is 24.8 Å². The third kappa shape index (κ3) is 5.14. The second-order valence-corrected chi connectivity index (χ2v) is 8.07. The molecule has 3 rings (SSSR count). The summed E-state index contributed by atoms with van der Waals surface area (Å²) < 4.78 is 82.1. The fourth-order valence-electron chi connectivity index (χ4n) is 3.81. The molecule has 0 saturated heterocycles. The molecule has 0 aliphatic heterocycles. The maximum Gasteiger partial charge on any atom is 0.416 e. The Kier molecular flexibility index (Phi) is 6.94. The Morgan fingerprint density at radius 1 is 1.17 bits per heavy atom. The molecule has 2 amide bonds. The van der Waals surface area contributed by atoms with Crippen molar-refractivity contribution in [2.75, 3.05) is 0 Å². The van der Waals surface area contributed by atoms with Crippen LogP contribution in [-0.4, -0.2) is 22.6 Å². The van der Waals surface area contributed by atoms with Gasteiger partial charge in [0.15, 0.2) is 6.04 Å². The number of rotatable bonds is 6. The number of primary amides is 1. The molecule has 2 aromatic carbocycles. The molecule has 1 atom stereocenters. The van der Waals surface area contributed by atoms with Crippen molar-refractivity contribution in [1.29, 1.82) is 0 Å². The number of nitrogens with one attached hydrogen (secondary N) is 1. The Balaban J connectivity index is 2.15. The van der Waals surface area contributed by atoms with E-state index in [-0.39, 0.29) is 28.3 Å². The van der Waals surface area contributed by atoms with Gasteiger partial charge in [0.25, 0.3) is 5.91 Å². The summed E-state index contributed by atoms with van der Waals surface area (Å²) in [4.78, 5) is 24.8. The molecule has 35 heavy (non-hydrogen) atoms. The number of nitrogens with zero attached hydrogens (tertiary/aromatic N) is 1. The van der Waals surface area contributed by atoms with Crippen LogP contribution in [0.4, 0.5) is 26.3 Å². The number of nitrogens with two attached hydrogens (primary N) is 1. The summed E-state index contributed by atoms with van der Waals surface area (Å²) in [7, 11) is 1.40. The van der Waals surface area contributed by atoms with Crippen LogP contribution in [0.25, 0.3) is 10.9 Å². The van der Waals surface area contributed by atoms with Crippen molar-refractivity contribution in [2.24, 2.45) is 12.8 Å². The molecule has 1 unspecified atom stereocenters. The SMILES string of the molecule is C=CCc1c(C(=O)NC(c2cccc(C(F)(F)F)c2)C(F)(F)F)n(C)c2cc(Cl)c(C(N)=O)cc12. The Morgan fingerprint density at radius 3 is 2.37 bits per heavy atom. The molecular weight excluding hydrogens is 500 g/mol. The first-order chi connectivity index (χ1) is 16.2. The quantitative estimate of drug-likeness (QED) is 0.324. The Hall–Kier alpha value is -3.47. The van der Waals surface area contributed by atoms with Gasteiger partial charge in [-0.05, 0) is 41.8 Å². The van der Waals surface area contributed by atoms with Gasteiger partial charge in [0.2, 0.25) is 5.91 Å². The van der Waals surface area contributed by atoms with Gasteiger partial charge in [0.05, 0.1) is 21.7 Å².